The Bertz CT molecular complexity index is 964. The standard InChI is InChI=1S/C22H18N2O4/c25-21(16-10-4-1-5-11-16)19-20(24(26)27)22(17-12-6-2-7-13-17)28-23(19)18-14-8-3-9-15-18/h1-15,19-20,22H. The molecule has 0 amide bonds. The smallest absolute Gasteiger partial charge is 0.275 e. The summed E-state index contributed by atoms with van der Waals surface area (Å²) in [6.45, 7) is 0. The highest BCUT2D eigenvalue weighted by atomic mass is 16.7. The minimum absolute atomic E-state index is 0.343. The molecule has 3 aromatic carbocycles. The molecule has 0 bridgehead atoms. The molecule has 3 atom stereocenters. The highest BCUT2D eigenvalue weighted by Crippen LogP contribution is 2.39. The monoisotopic (exact) mass is 374 g/mol. The second kappa shape index (κ2) is 7.62. The van der Waals surface area contributed by atoms with Crippen molar-refractivity contribution in [2.45, 2.75) is 18.2 Å². The van der Waals surface area contributed by atoms with Crippen LogP contribution in [0.25, 0.3) is 0 Å². The Hall–Kier alpha value is -3.51. The third kappa shape index (κ3) is 3.25. The number of hydroxylamine groups is 1. The first-order valence-electron chi connectivity index (χ1n) is 8.95. The number of hydrogen-bond acceptors (Lipinski definition) is 5. The first-order valence-corrected chi connectivity index (χ1v) is 8.95. The van der Waals surface area contributed by atoms with E-state index < -0.39 is 23.1 Å². The summed E-state index contributed by atoms with van der Waals surface area (Å²) in [5.74, 6) is -0.343. The normalized spacial score (nSPS) is 21.4. The van der Waals surface area contributed by atoms with Gasteiger partial charge in [-0.25, -0.2) is 5.06 Å². The van der Waals surface area contributed by atoms with Crippen LogP contribution in [0, 0.1) is 10.1 Å². The summed E-state index contributed by atoms with van der Waals surface area (Å²) in [7, 11) is 0. The number of para-hydroxylation sites is 1. The zero-order valence-corrected chi connectivity index (χ0v) is 14.9. The van der Waals surface area contributed by atoms with E-state index in [1.807, 2.05) is 12.1 Å². The van der Waals surface area contributed by atoms with Gasteiger partial charge < -0.3 is 0 Å². The third-order valence-electron chi connectivity index (χ3n) is 4.82. The van der Waals surface area contributed by atoms with Crippen molar-refractivity contribution in [2.75, 3.05) is 5.06 Å². The maximum absolute atomic E-state index is 13.3. The molecule has 0 radical (unpaired) electrons. The molecule has 140 valence electrons. The van der Waals surface area contributed by atoms with Crippen LogP contribution in [0.4, 0.5) is 5.69 Å². The van der Waals surface area contributed by atoms with E-state index in [1.165, 1.54) is 5.06 Å². The number of ketones is 1. The summed E-state index contributed by atoms with van der Waals surface area (Å²) in [6, 6.07) is 24.3. The van der Waals surface area contributed by atoms with Crippen molar-refractivity contribution in [1.29, 1.82) is 0 Å². The zero-order chi connectivity index (χ0) is 19.5. The van der Waals surface area contributed by atoms with Gasteiger partial charge in [0.25, 0.3) is 6.04 Å². The fraction of sp³-hybridized carbons (Fsp3) is 0.136. The van der Waals surface area contributed by atoms with Crippen molar-refractivity contribution in [3.05, 3.63) is 112 Å². The number of carbonyl (C=O) groups excluding carboxylic acids is 1. The first kappa shape index (κ1) is 17.9. The number of nitrogens with zero attached hydrogens (tertiary/aromatic N) is 2. The molecule has 1 heterocycles. The molecule has 6 heteroatoms. The van der Waals surface area contributed by atoms with Crippen molar-refractivity contribution < 1.29 is 14.6 Å². The summed E-state index contributed by atoms with van der Waals surface area (Å²) in [5.41, 5.74) is 1.67. The van der Waals surface area contributed by atoms with Crippen LogP contribution >= 0.6 is 0 Å². The van der Waals surface area contributed by atoms with Crippen LogP contribution in [-0.4, -0.2) is 22.8 Å². The van der Waals surface area contributed by atoms with Crippen LogP contribution in [0.15, 0.2) is 91.0 Å². The topological polar surface area (TPSA) is 72.7 Å². The lowest BCUT2D eigenvalue weighted by atomic mass is 9.92. The Kier molecular flexibility index (Phi) is 4.87. The molecule has 0 saturated carbocycles. The Labute approximate surface area is 162 Å². The number of benzene rings is 3. The Morgan fingerprint density at radius 2 is 1.39 bits per heavy atom. The van der Waals surface area contributed by atoms with Crippen LogP contribution < -0.4 is 5.06 Å². The summed E-state index contributed by atoms with van der Waals surface area (Å²) < 4.78 is 0. The van der Waals surface area contributed by atoms with E-state index in [4.69, 9.17) is 4.84 Å². The van der Waals surface area contributed by atoms with Crippen molar-refractivity contribution >= 4 is 11.5 Å². The lowest BCUT2D eigenvalue weighted by Gasteiger charge is -2.23. The van der Waals surface area contributed by atoms with Gasteiger partial charge in [-0.2, -0.15) is 0 Å². The SMILES string of the molecule is O=C(c1ccccc1)C1C([N+](=O)[O-])C(c2ccccc2)ON1c1ccccc1. The molecular formula is C22H18N2O4. The summed E-state index contributed by atoms with van der Waals surface area (Å²) in [5, 5.41) is 13.4. The fourth-order valence-electron chi connectivity index (χ4n) is 3.51. The van der Waals surface area contributed by atoms with Gasteiger partial charge in [0.05, 0.1) is 5.69 Å². The molecule has 1 aliphatic rings. The van der Waals surface area contributed by atoms with Crippen LogP contribution in [-0.2, 0) is 4.84 Å². The predicted octanol–water partition coefficient (Wildman–Crippen LogP) is 4.08. The fourth-order valence-corrected chi connectivity index (χ4v) is 3.51. The maximum Gasteiger partial charge on any atom is 0.275 e. The molecule has 28 heavy (non-hydrogen) atoms. The van der Waals surface area contributed by atoms with Gasteiger partial charge in [-0.05, 0) is 17.7 Å². The number of carbonyl (C=O) groups is 1. The first-order chi connectivity index (χ1) is 13.7. The minimum atomic E-state index is -1.24. The highest BCUT2D eigenvalue weighted by Gasteiger charge is 2.55. The third-order valence-corrected chi connectivity index (χ3v) is 4.82. The van der Waals surface area contributed by atoms with Crippen LogP contribution in [0.3, 0.4) is 0 Å². The molecule has 0 N–H and O–H groups in total. The minimum Gasteiger partial charge on any atom is -0.291 e. The van der Waals surface area contributed by atoms with Crippen LogP contribution in [0.5, 0.6) is 0 Å². The molecule has 6 nitrogen and oxygen atoms in total. The van der Waals surface area contributed by atoms with E-state index in [2.05, 4.69) is 0 Å². The van der Waals surface area contributed by atoms with Gasteiger partial charge in [-0.15, -0.1) is 0 Å². The van der Waals surface area contributed by atoms with Gasteiger partial charge in [-0.1, -0.05) is 78.9 Å². The molecule has 3 aromatic rings. The Morgan fingerprint density at radius 1 is 0.857 bits per heavy atom. The van der Waals surface area contributed by atoms with Gasteiger partial charge in [0.15, 0.2) is 17.9 Å². The largest absolute Gasteiger partial charge is 0.291 e. The Balaban J connectivity index is 1.82. The van der Waals surface area contributed by atoms with Crippen molar-refractivity contribution in [3.8, 4) is 0 Å². The molecular weight excluding hydrogens is 356 g/mol. The van der Waals surface area contributed by atoms with Gasteiger partial charge in [0.1, 0.15) is 0 Å². The van der Waals surface area contributed by atoms with E-state index in [1.54, 1.807) is 78.9 Å². The summed E-state index contributed by atoms with van der Waals surface area (Å²) in [6.07, 6.45) is -0.867. The molecule has 4 rings (SSSR count). The molecule has 1 aliphatic heterocycles. The molecule has 3 unspecified atom stereocenters. The highest BCUT2D eigenvalue weighted by molar-refractivity contribution is 6.02. The quantitative estimate of drug-likeness (QED) is 0.382. The van der Waals surface area contributed by atoms with Gasteiger partial charge >= 0.3 is 0 Å². The molecule has 0 aromatic heterocycles. The second-order valence-corrected chi connectivity index (χ2v) is 6.55. The van der Waals surface area contributed by atoms with E-state index in [0.29, 0.717) is 16.8 Å². The summed E-state index contributed by atoms with van der Waals surface area (Å²) in [4.78, 5) is 31.0. The van der Waals surface area contributed by atoms with Crippen molar-refractivity contribution in [2.24, 2.45) is 0 Å². The number of nitro groups is 1. The van der Waals surface area contributed by atoms with Crippen molar-refractivity contribution in [1.82, 2.24) is 0 Å². The number of anilines is 1. The molecule has 0 spiro atoms. The van der Waals surface area contributed by atoms with Crippen molar-refractivity contribution in [3.63, 3.8) is 0 Å². The lowest BCUT2D eigenvalue weighted by molar-refractivity contribution is -0.528. The van der Waals surface area contributed by atoms with Gasteiger partial charge in [-0.3, -0.25) is 19.7 Å². The predicted molar refractivity (Wildman–Crippen MR) is 105 cm³/mol. The molecule has 0 aliphatic carbocycles. The number of Topliss-reactive ketones (excluding diaryl/α,β-unsaturated/α-hetero) is 1. The average molecular weight is 374 g/mol. The number of hydrogen-bond donors (Lipinski definition) is 0. The zero-order valence-electron chi connectivity index (χ0n) is 14.9. The second-order valence-electron chi connectivity index (χ2n) is 6.55. The van der Waals surface area contributed by atoms with Gasteiger partial charge in [0.2, 0.25) is 0 Å². The lowest BCUT2D eigenvalue weighted by Crippen LogP contribution is -2.45. The Morgan fingerprint density at radius 3 is 1.96 bits per heavy atom. The summed E-state index contributed by atoms with van der Waals surface area (Å²) >= 11 is 0. The molecule has 1 fully saturated rings. The van der Waals surface area contributed by atoms with Gasteiger partial charge in [0, 0.05) is 10.5 Å². The maximum atomic E-state index is 13.3. The average Bonchev–Trinajstić information content (AvgIpc) is 3.16. The number of rotatable bonds is 5. The van der Waals surface area contributed by atoms with Crippen LogP contribution in [0.1, 0.15) is 22.0 Å². The van der Waals surface area contributed by atoms with E-state index in [9.17, 15) is 14.9 Å². The van der Waals surface area contributed by atoms with E-state index >= 15 is 0 Å². The van der Waals surface area contributed by atoms with E-state index in [0.717, 1.165) is 0 Å². The van der Waals surface area contributed by atoms with E-state index in [-0.39, 0.29) is 5.78 Å². The molecule has 1 saturated heterocycles. The van der Waals surface area contributed by atoms with Crippen LogP contribution in [0.2, 0.25) is 0 Å².